The van der Waals surface area contributed by atoms with Gasteiger partial charge in [-0.05, 0) is 55.8 Å². The Morgan fingerprint density at radius 3 is 2.19 bits per heavy atom. The summed E-state index contributed by atoms with van der Waals surface area (Å²) in [5.74, 6) is -1.80. The Morgan fingerprint density at radius 1 is 1.08 bits per heavy atom. The van der Waals surface area contributed by atoms with E-state index in [-0.39, 0.29) is 11.1 Å². The van der Waals surface area contributed by atoms with Crippen LogP contribution in [0.3, 0.4) is 0 Å². The number of sulfonamides is 1. The van der Waals surface area contributed by atoms with E-state index in [1.165, 1.54) is 43.3 Å². The van der Waals surface area contributed by atoms with Gasteiger partial charge in [0, 0.05) is 11.3 Å². The van der Waals surface area contributed by atoms with Crippen molar-refractivity contribution in [1.29, 1.82) is 0 Å². The highest BCUT2D eigenvalue weighted by Crippen LogP contribution is 2.15. The second-order valence-corrected chi connectivity index (χ2v) is 7.58. The summed E-state index contributed by atoms with van der Waals surface area (Å²) >= 11 is 0. The van der Waals surface area contributed by atoms with E-state index >= 15 is 0 Å². The van der Waals surface area contributed by atoms with Crippen LogP contribution in [0.4, 0.5) is 10.1 Å². The molecule has 8 heteroatoms. The maximum absolute atomic E-state index is 13.5. The van der Waals surface area contributed by atoms with Gasteiger partial charge in [-0.3, -0.25) is 9.52 Å². The van der Waals surface area contributed by atoms with Gasteiger partial charge in [0.15, 0.2) is 6.10 Å². The molecule has 2 aromatic carbocycles. The first-order chi connectivity index (χ1) is 12.1. The van der Waals surface area contributed by atoms with Crippen molar-refractivity contribution in [1.82, 2.24) is 0 Å². The van der Waals surface area contributed by atoms with Crippen LogP contribution < -0.4 is 4.72 Å². The Balaban J connectivity index is 2.06. The van der Waals surface area contributed by atoms with Crippen LogP contribution in [0.1, 0.15) is 33.2 Å². The zero-order valence-electron chi connectivity index (χ0n) is 14.4. The molecule has 1 N–H and O–H groups in total. The third-order valence-electron chi connectivity index (χ3n) is 3.53. The van der Waals surface area contributed by atoms with Crippen molar-refractivity contribution in [2.24, 2.45) is 0 Å². The largest absolute Gasteiger partial charge is 0.451 e. The predicted octanol–water partition coefficient (Wildman–Crippen LogP) is 2.93. The number of ketones is 1. The van der Waals surface area contributed by atoms with E-state index in [0.29, 0.717) is 11.3 Å². The number of hydrogen-bond donors (Lipinski definition) is 1. The summed E-state index contributed by atoms with van der Waals surface area (Å²) in [5.41, 5.74) is 0.970. The van der Waals surface area contributed by atoms with Crippen molar-refractivity contribution in [3.05, 3.63) is 65.0 Å². The molecule has 0 aliphatic rings. The zero-order valence-corrected chi connectivity index (χ0v) is 15.3. The Morgan fingerprint density at radius 2 is 1.65 bits per heavy atom. The third kappa shape index (κ3) is 5.13. The van der Waals surface area contributed by atoms with Crippen molar-refractivity contribution in [2.45, 2.75) is 20.0 Å². The fourth-order valence-electron chi connectivity index (χ4n) is 2.15. The van der Waals surface area contributed by atoms with Crippen LogP contribution in [0.25, 0.3) is 0 Å². The smallest absolute Gasteiger partial charge is 0.338 e. The molecule has 6 nitrogen and oxygen atoms in total. The number of rotatable bonds is 6. The molecule has 1 atom stereocenters. The van der Waals surface area contributed by atoms with E-state index in [2.05, 4.69) is 4.72 Å². The molecule has 0 bridgehead atoms. The van der Waals surface area contributed by atoms with E-state index in [4.69, 9.17) is 4.74 Å². The molecule has 0 amide bonds. The van der Waals surface area contributed by atoms with Gasteiger partial charge in [0.25, 0.3) is 0 Å². The van der Waals surface area contributed by atoms with Gasteiger partial charge in [0.1, 0.15) is 5.82 Å². The Hall–Kier alpha value is -2.74. The fourth-order valence-corrected chi connectivity index (χ4v) is 2.72. The Labute approximate surface area is 151 Å². The molecule has 26 heavy (non-hydrogen) atoms. The SMILES string of the molecule is Cc1ccc(C(=O)O[C@H](C)C(=O)c2ccc(NS(C)(=O)=O)cc2)cc1F. The number of nitrogens with one attached hydrogen (secondary N) is 1. The van der Waals surface area contributed by atoms with Crippen molar-refractivity contribution in [2.75, 3.05) is 11.0 Å². The minimum absolute atomic E-state index is 0.0143. The predicted molar refractivity (Wildman–Crippen MR) is 95.3 cm³/mol. The Bertz CT molecular complexity index is 939. The van der Waals surface area contributed by atoms with Gasteiger partial charge in [0.05, 0.1) is 11.8 Å². The quantitative estimate of drug-likeness (QED) is 0.616. The summed E-state index contributed by atoms with van der Waals surface area (Å²) in [6, 6.07) is 9.63. The van der Waals surface area contributed by atoms with Crippen LogP contribution in [-0.4, -0.2) is 32.5 Å². The fraction of sp³-hybridized carbons (Fsp3) is 0.222. The van der Waals surface area contributed by atoms with Crippen LogP contribution >= 0.6 is 0 Å². The van der Waals surface area contributed by atoms with Crippen LogP contribution in [0.5, 0.6) is 0 Å². The average molecular weight is 379 g/mol. The highest BCUT2D eigenvalue weighted by Gasteiger charge is 2.21. The number of carbonyl (C=O) groups excluding carboxylic acids is 2. The minimum atomic E-state index is -3.41. The zero-order chi connectivity index (χ0) is 19.5. The first kappa shape index (κ1) is 19.6. The first-order valence-corrected chi connectivity index (χ1v) is 9.55. The number of hydrogen-bond acceptors (Lipinski definition) is 5. The van der Waals surface area contributed by atoms with Crippen LogP contribution in [0.2, 0.25) is 0 Å². The molecule has 0 saturated carbocycles. The van der Waals surface area contributed by atoms with Crippen molar-refractivity contribution in [3.63, 3.8) is 0 Å². The van der Waals surface area contributed by atoms with Gasteiger partial charge >= 0.3 is 5.97 Å². The average Bonchev–Trinajstić information content (AvgIpc) is 2.55. The van der Waals surface area contributed by atoms with Crippen LogP contribution in [0, 0.1) is 12.7 Å². The van der Waals surface area contributed by atoms with Gasteiger partial charge in [-0.1, -0.05) is 6.07 Å². The summed E-state index contributed by atoms with van der Waals surface area (Å²) in [5, 5.41) is 0. The topological polar surface area (TPSA) is 89.5 Å². The summed E-state index contributed by atoms with van der Waals surface area (Å²) in [4.78, 5) is 24.4. The molecule has 0 radical (unpaired) electrons. The molecular weight excluding hydrogens is 361 g/mol. The van der Waals surface area contributed by atoms with Crippen LogP contribution in [0.15, 0.2) is 42.5 Å². The number of benzene rings is 2. The molecule has 0 fully saturated rings. The molecule has 0 aromatic heterocycles. The number of aryl methyl sites for hydroxylation is 1. The van der Waals surface area contributed by atoms with Crippen molar-refractivity contribution in [3.8, 4) is 0 Å². The lowest BCUT2D eigenvalue weighted by Crippen LogP contribution is -2.24. The minimum Gasteiger partial charge on any atom is -0.451 e. The van der Waals surface area contributed by atoms with Gasteiger partial charge in [0.2, 0.25) is 15.8 Å². The Kier molecular flexibility index (Phi) is 5.76. The molecule has 2 aromatic rings. The number of Topliss-reactive ketones (excluding diaryl/α,β-unsaturated/α-hetero) is 1. The third-order valence-corrected chi connectivity index (χ3v) is 4.14. The lowest BCUT2D eigenvalue weighted by Gasteiger charge is -2.13. The highest BCUT2D eigenvalue weighted by atomic mass is 32.2. The van der Waals surface area contributed by atoms with Crippen LogP contribution in [-0.2, 0) is 14.8 Å². The second-order valence-electron chi connectivity index (χ2n) is 5.83. The highest BCUT2D eigenvalue weighted by molar-refractivity contribution is 7.92. The van der Waals surface area contributed by atoms with Crippen molar-refractivity contribution >= 4 is 27.5 Å². The van der Waals surface area contributed by atoms with E-state index in [1.807, 2.05) is 0 Å². The molecule has 0 unspecified atom stereocenters. The van der Waals surface area contributed by atoms with Crippen molar-refractivity contribution < 1.29 is 27.1 Å². The molecule has 0 aliphatic heterocycles. The lowest BCUT2D eigenvalue weighted by molar-refractivity contribution is 0.0318. The summed E-state index contributed by atoms with van der Waals surface area (Å²) in [7, 11) is -3.41. The normalized spacial score (nSPS) is 12.3. The van der Waals surface area contributed by atoms with E-state index in [1.54, 1.807) is 6.92 Å². The summed E-state index contributed by atoms with van der Waals surface area (Å²) in [6.07, 6.45) is -0.0674. The van der Waals surface area contributed by atoms with Gasteiger partial charge < -0.3 is 4.74 Å². The van der Waals surface area contributed by atoms with Gasteiger partial charge in [-0.25, -0.2) is 17.6 Å². The van der Waals surface area contributed by atoms with Gasteiger partial charge in [-0.15, -0.1) is 0 Å². The first-order valence-electron chi connectivity index (χ1n) is 7.66. The number of halogens is 1. The number of ether oxygens (including phenoxy) is 1. The number of esters is 1. The van der Waals surface area contributed by atoms with E-state index < -0.39 is 33.7 Å². The van der Waals surface area contributed by atoms with E-state index in [9.17, 15) is 22.4 Å². The lowest BCUT2D eigenvalue weighted by atomic mass is 10.1. The monoisotopic (exact) mass is 379 g/mol. The molecule has 2 rings (SSSR count). The molecular formula is C18H18FNO5S. The molecule has 0 heterocycles. The maximum Gasteiger partial charge on any atom is 0.338 e. The molecule has 0 aliphatic carbocycles. The standard InChI is InChI=1S/C18H18FNO5S/c1-11-4-5-14(10-16(11)19)18(22)25-12(2)17(21)13-6-8-15(9-7-13)20-26(3,23)24/h4-10,12,20H,1-3H3/t12-/m1/s1. The summed E-state index contributed by atoms with van der Waals surface area (Å²) in [6.45, 7) is 2.98. The summed E-state index contributed by atoms with van der Waals surface area (Å²) < 4.78 is 43.2. The number of carbonyl (C=O) groups is 2. The second kappa shape index (κ2) is 7.65. The molecule has 0 spiro atoms. The van der Waals surface area contributed by atoms with Gasteiger partial charge in [-0.2, -0.15) is 0 Å². The maximum atomic E-state index is 13.5. The number of anilines is 1. The molecule has 0 saturated heterocycles. The molecule has 138 valence electrons. The van der Waals surface area contributed by atoms with E-state index in [0.717, 1.165) is 12.3 Å².